The van der Waals surface area contributed by atoms with Gasteiger partial charge in [-0.15, -0.1) is 0 Å². The SMILES string of the molecule is FC(F)F.[Cu+2].[Cu+2]. The van der Waals surface area contributed by atoms with Gasteiger partial charge in [-0.2, -0.15) is 13.2 Å². The smallest absolute Gasteiger partial charge is 0.174 e. The van der Waals surface area contributed by atoms with Crippen LogP contribution in [0.15, 0.2) is 0 Å². The minimum atomic E-state index is -3.67. The van der Waals surface area contributed by atoms with E-state index in [1.54, 1.807) is 0 Å². The van der Waals surface area contributed by atoms with Crippen molar-refractivity contribution in [2.45, 2.75) is 6.68 Å². The van der Waals surface area contributed by atoms with Crippen LogP contribution in [0.3, 0.4) is 0 Å². The average Bonchev–Trinajstić information content (AvgIpc) is 0.811. The molecule has 0 rings (SSSR count). The Balaban J connectivity index is -0.0000000450. The van der Waals surface area contributed by atoms with Gasteiger partial charge in [-0.05, 0) is 0 Å². The summed E-state index contributed by atoms with van der Waals surface area (Å²) in [4.78, 5) is 0. The van der Waals surface area contributed by atoms with Gasteiger partial charge in [-0.3, -0.25) is 0 Å². The Bertz CT molecular complexity index is 13.5. The molecule has 0 unspecified atom stereocenters. The molecule has 0 heterocycles. The van der Waals surface area contributed by atoms with E-state index >= 15 is 0 Å². The fraction of sp³-hybridized carbons (Fsp3) is 1.00. The van der Waals surface area contributed by atoms with Crippen molar-refractivity contribution in [2.24, 2.45) is 0 Å². The molecular weight excluding hydrogens is 196 g/mol. The van der Waals surface area contributed by atoms with Crippen LogP contribution >= 0.6 is 0 Å². The van der Waals surface area contributed by atoms with E-state index < -0.39 is 6.68 Å². The summed E-state index contributed by atoms with van der Waals surface area (Å²) >= 11 is 0. The van der Waals surface area contributed by atoms with Gasteiger partial charge in [0.2, 0.25) is 0 Å². The average molecular weight is 197 g/mol. The zero-order chi connectivity index (χ0) is 3.58. The molecule has 6 heavy (non-hydrogen) atoms. The molecule has 0 saturated carbocycles. The molecule has 2 radical (unpaired) electrons. The molecule has 0 bridgehead atoms. The summed E-state index contributed by atoms with van der Waals surface area (Å²) in [6.07, 6.45) is 0. The van der Waals surface area contributed by atoms with Crippen molar-refractivity contribution in [3.8, 4) is 0 Å². The predicted molar refractivity (Wildman–Crippen MR) is 7.11 cm³/mol. The van der Waals surface area contributed by atoms with Crippen LogP contribution in [-0.4, -0.2) is 6.68 Å². The quantitative estimate of drug-likeness (QED) is 0.511. The summed E-state index contributed by atoms with van der Waals surface area (Å²) in [7, 11) is 0. The molecule has 0 aliphatic carbocycles. The standard InChI is InChI=1S/CHF3.2Cu/c2-1(3)4;;/h1H;;/q;2*+2. The molecular formula is CHCu2F3+4. The summed E-state index contributed by atoms with van der Waals surface area (Å²) in [6, 6.07) is 0. The van der Waals surface area contributed by atoms with Crippen LogP contribution in [0.4, 0.5) is 13.2 Å². The van der Waals surface area contributed by atoms with E-state index in [0.29, 0.717) is 0 Å². The Morgan fingerprint density at radius 1 is 0.833 bits per heavy atom. The van der Waals surface area contributed by atoms with E-state index in [0.717, 1.165) is 0 Å². The molecule has 0 saturated heterocycles. The van der Waals surface area contributed by atoms with Crippen molar-refractivity contribution in [1.82, 2.24) is 0 Å². The Kier molecular flexibility index (Phi) is 24.5. The minimum absolute atomic E-state index is 0. The third-order valence-corrected chi connectivity index (χ3v) is 0. The summed E-state index contributed by atoms with van der Waals surface area (Å²) < 4.78 is 29.0. The first-order valence-electron chi connectivity index (χ1n) is 0.655. The van der Waals surface area contributed by atoms with E-state index in [2.05, 4.69) is 0 Å². The molecule has 0 aliphatic heterocycles. The first kappa shape index (κ1) is 15.8. The molecule has 0 aromatic carbocycles. The second-order valence-electron chi connectivity index (χ2n) is 0.247. The van der Waals surface area contributed by atoms with Gasteiger partial charge < -0.3 is 0 Å². The fourth-order valence-electron chi connectivity index (χ4n) is 0. The zero-order valence-electron chi connectivity index (χ0n) is 2.31. The van der Waals surface area contributed by atoms with Crippen LogP contribution in [0, 0.1) is 0 Å². The zero-order valence-corrected chi connectivity index (χ0v) is 4.20. The van der Waals surface area contributed by atoms with Crippen LogP contribution in [0.5, 0.6) is 0 Å². The van der Waals surface area contributed by atoms with Crippen LogP contribution in [0.2, 0.25) is 0 Å². The van der Waals surface area contributed by atoms with Crippen LogP contribution in [-0.2, 0) is 34.1 Å². The van der Waals surface area contributed by atoms with Crippen molar-refractivity contribution in [3.63, 3.8) is 0 Å². The molecule has 0 spiro atoms. The van der Waals surface area contributed by atoms with E-state index in [4.69, 9.17) is 0 Å². The Morgan fingerprint density at radius 2 is 0.833 bits per heavy atom. The van der Waals surface area contributed by atoms with Gasteiger partial charge in [0.25, 0.3) is 0 Å². The Morgan fingerprint density at radius 3 is 0.833 bits per heavy atom. The van der Waals surface area contributed by atoms with E-state index in [9.17, 15) is 13.2 Å². The number of rotatable bonds is 0. The molecule has 5 heteroatoms. The third kappa shape index (κ3) is 103. The van der Waals surface area contributed by atoms with Gasteiger partial charge in [0.15, 0.2) is 0 Å². The first-order chi connectivity index (χ1) is 1.73. The summed E-state index contributed by atoms with van der Waals surface area (Å²) in [5, 5.41) is 0. The maximum atomic E-state index is 9.67. The van der Waals surface area contributed by atoms with Gasteiger partial charge in [-0.1, -0.05) is 0 Å². The normalized spacial score (nSPS) is 6.00. The number of hydrogen-bond acceptors (Lipinski definition) is 0. The first-order valence-corrected chi connectivity index (χ1v) is 0.655. The van der Waals surface area contributed by atoms with Crippen molar-refractivity contribution in [2.75, 3.05) is 0 Å². The molecule has 0 aromatic rings. The Hall–Kier alpha value is 0.829. The van der Waals surface area contributed by atoms with Gasteiger partial charge >= 0.3 is 40.8 Å². The van der Waals surface area contributed by atoms with E-state index in [-0.39, 0.29) is 34.1 Å². The van der Waals surface area contributed by atoms with Gasteiger partial charge in [0.05, 0.1) is 0 Å². The maximum absolute atomic E-state index is 9.67. The molecule has 0 aliphatic rings. The van der Waals surface area contributed by atoms with E-state index in [1.807, 2.05) is 0 Å². The third-order valence-electron chi connectivity index (χ3n) is 0. The summed E-state index contributed by atoms with van der Waals surface area (Å²) in [5.41, 5.74) is 0. The summed E-state index contributed by atoms with van der Waals surface area (Å²) in [6.45, 7) is -3.67. The van der Waals surface area contributed by atoms with Crippen molar-refractivity contribution >= 4 is 0 Å². The summed E-state index contributed by atoms with van der Waals surface area (Å²) in [5.74, 6) is 0. The van der Waals surface area contributed by atoms with Crippen molar-refractivity contribution < 1.29 is 47.3 Å². The van der Waals surface area contributed by atoms with Crippen LogP contribution < -0.4 is 0 Å². The maximum Gasteiger partial charge on any atom is 2.00 e. The Labute approximate surface area is 54.4 Å². The van der Waals surface area contributed by atoms with Gasteiger partial charge in [-0.25, -0.2) is 0 Å². The largest absolute Gasteiger partial charge is 2.00 e. The molecule has 0 amide bonds. The van der Waals surface area contributed by atoms with Gasteiger partial charge in [0, 0.05) is 0 Å². The molecule has 44 valence electrons. The van der Waals surface area contributed by atoms with E-state index in [1.165, 1.54) is 0 Å². The van der Waals surface area contributed by atoms with Crippen LogP contribution in [0.1, 0.15) is 0 Å². The molecule has 0 atom stereocenters. The molecule has 0 aromatic heterocycles. The number of alkyl halides is 3. The number of hydrogen-bond donors (Lipinski definition) is 0. The predicted octanol–water partition coefficient (Wildman–Crippen LogP) is 1.17. The second kappa shape index (κ2) is 9.27. The van der Waals surface area contributed by atoms with Crippen LogP contribution in [0.25, 0.3) is 0 Å². The fourth-order valence-corrected chi connectivity index (χ4v) is 0. The topological polar surface area (TPSA) is 0 Å². The minimum Gasteiger partial charge on any atom is -0.174 e. The second-order valence-corrected chi connectivity index (χ2v) is 0.247. The number of halogens is 3. The van der Waals surface area contributed by atoms with Crippen molar-refractivity contribution in [1.29, 1.82) is 0 Å². The molecule has 0 N–H and O–H groups in total. The van der Waals surface area contributed by atoms with Gasteiger partial charge in [0.1, 0.15) is 0 Å². The monoisotopic (exact) mass is 196 g/mol. The molecule has 0 fully saturated rings. The molecule has 0 nitrogen and oxygen atoms in total. The van der Waals surface area contributed by atoms with Crippen molar-refractivity contribution in [3.05, 3.63) is 0 Å².